The van der Waals surface area contributed by atoms with E-state index < -0.39 is 6.10 Å². The topological polar surface area (TPSA) is 71.5 Å². The van der Waals surface area contributed by atoms with E-state index in [1.54, 1.807) is 12.4 Å². The quantitative estimate of drug-likeness (QED) is 0.781. The summed E-state index contributed by atoms with van der Waals surface area (Å²) < 4.78 is 5.57. The highest BCUT2D eigenvalue weighted by Crippen LogP contribution is 2.18. The number of benzene rings is 1. The van der Waals surface area contributed by atoms with Crippen molar-refractivity contribution in [1.29, 1.82) is 0 Å². The normalized spacial score (nSPS) is 12.0. The van der Waals surface area contributed by atoms with Gasteiger partial charge in [-0.15, -0.1) is 0 Å². The molecular formula is C19H24N2O3. The van der Waals surface area contributed by atoms with Gasteiger partial charge in [-0.2, -0.15) is 0 Å². The first-order valence-corrected chi connectivity index (χ1v) is 8.15. The number of aliphatic hydroxyl groups excluding tert-OH is 1. The Bertz CT molecular complexity index is 627. The SMILES string of the molecule is CC(C)Oc1ccc([C@@H](O)CNC(=O)CCc2ccncc2)cc1. The highest BCUT2D eigenvalue weighted by molar-refractivity contribution is 5.76. The van der Waals surface area contributed by atoms with E-state index in [-0.39, 0.29) is 18.6 Å². The van der Waals surface area contributed by atoms with Crippen molar-refractivity contribution in [3.63, 3.8) is 0 Å². The Morgan fingerprint density at radius 3 is 2.46 bits per heavy atom. The van der Waals surface area contributed by atoms with Crippen molar-refractivity contribution in [3.05, 3.63) is 59.9 Å². The second-order valence-electron chi connectivity index (χ2n) is 5.91. The lowest BCUT2D eigenvalue weighted by Crippen LogP contribution is -2.28. The van der Waals surface area contributed by atoms with Gasteiger partial charge in [-0.25, -0.2) is 0 Å². The first-order chi connectivity index (χ1) is 11.5. The molecule has 0 spiro atoms. The number of hydrogen-bond acceptors (Lipinski definition) is 4. The van der Waals surface area contributed by atoms with E-state index in [4.69, 9.17) is 4.74 Å². The van der Waals surface area contributed by atoms with Gasteiger partial charge < -0.3 is 15.2 Å². The molecule has 0 saturated carbocycles. The minimum absolute atomic E-state index is 0.0781. The second-order valence-corrected chi connectivity index (χ2v) is 5.91. The molecule has 1 amide bonds. The van der Waals surface area contributed by atoms with Crippen molar-refractivity contribution in [2.45, 2.75) is 38.9 Å². The molecule has 5 nitrogen and oxygen atoms in total. The molecule has 2 aromatic rings. The summed E-state index contributed by atoms with van der Waals surface area (Å²) in [6, 6.07) is 11.1. The molecule has 1 heterocycles. The van der Waals surface area contributed by atoms with Gasteiger partial charge in [-0.05, 0) is 55.7 Å². The van der Waals surface area contributed by atoms with Gasteiger partial charge in [0.25, 0.3) is 0 Å². The summed E-state index contributed by atoms with van der Waals surface area (Å²) in [6.45, 7) is 4.12. The monoisotopic (exact) mass is 328 g/mol. The van der Waals surface area contributed by atoms with Crippen molar-refractivity contribution < 1.29 is 14.6 Å². The molecule has 24 heavy (non-hydrogen) atoms. The number of pyridine rings is 1. The number of hydrogen-bond donors (Lipinski definition) is 2. The highest BCUT2D eigenvalue weighted by atomic mass is 16.5. The lowest BCUT2D eigenvalue weighted by molar-refractivity contribution is -0.121. The predicted molar refractivity (Wildman–Crippen MR) is 92.7 cm³/mol. The number of amides is 1. The summed E-state index contributed by atoms with van der Waals surface area (Å²) in [4.78, 5) is 15.8. The van der Waals surface area contributed by atoms with Crippen LogP contribution < -0.4 is 10.1 Å². The third-order valence-electron chi connectivity index (χ3n) is 3.52. The maximum absolute atomic E-state index is 11.9. The fourth-order valence-electron chi connectivity index (χ4n) is 2.26. The van der Waals surface area contributed by atoms with E-state index in [9.17, 15) is 9.90 Å². The molecular weight excluding hydrogens is 304 g/mol. The van der Waals surface area contributed by atoms with Crippen molar-refractivity contribution in [2.75, 3.05) is 6.54 Å². The first-order valence-electron chi connectivity index (χ1n) is 8.15. The molecule has 2 rings (SSSR count). The van der Waals surface area contributed by atoms with Gasteiger partial charge in [0.1, 0.15) is 5.75 Å². The zero-order chi connectivity index (χ0) is 17.4. The Labute approximate surface area is 142 Å². The average molecular weight is 328 g/mol. The summed E-state index contributed by atoms with van der Waals surface area (Å²) in [7, 11) is 0. The van der Waals surface area contributed by atoms with Gasteiger partial charge in [0, 0.05) is 25.4 Å². The largest absolute Gasteiger partial charge is 0.491 e. The van der Waals surface area contributed by atoms with Gasteiger partial charge >= 0.3 is 0 Å². The molecule has 0 saturated heterocycles. The van der Waals surface area contributed by atoms with Crippen LogP contribution in [0, 0.1) is 0 Å². The Hall–Kier alpha value is -2.40. The van der Waals surface area contributed by atoms with Crippen LogP contribution >= 0.6 is 0 Å². The molecule has 0 unspecified atom stereocenters. The summed E-state index contributed by atoms with van der Waals surface area (Å²) >= 11 is 0. The average Bonchev–Trinajstić information content (AvgIpc) is 2.59. The molecule has 0 aliphatic heterocycles. The maximum atomic E-state index is 11.9. The summed E-state index contributed by atoms with van der Waals surface area (Å²) in [5.41, 5.74) is 1.82. The molecule has 1 aromatic carbocycles. The first kappa shape index (κ1) is 17.9. The third kappa shape index (κ3) is 6.01. The van der Waals surface area contributed by atoms with Gasteiger partial charge in [0.05, 0.1) is 12.2 Å². The van der Waals surface area contributed by atoms with Gasteiger partial charge in [-0.3, -0.25) is 9.78 Å². The molecule has 0 radical (unpaired) electrons. The second kappa shape index (κ2) is 9.03. The molecule has 1 atom stereocenters. The lowest BCUT2D eigenvalue weighted by atomic mass is 10.1. The van der Waals surface area contributed by atoms with E-state index >= 15 is 0 Å². The van der Waals surface area contributed by atoms with E-state index in [0.29, 0.717) is 12.8 Å². The van der Waals surface area contributed by atoms with E-state index in [1.165, 1.54) is 0 Å². The molecule has 128 valence electrons. The van der Waals surface area contributed by atoms with Gasteiger partial charge in [0.15, 0.2) is 0 Å². The fourth-order valence-corrected chi connectivity index (χ4v) is 2.26. The summed E-state index contributed by atoms with van der Waals surface area (Å²) in [5, 5.41) is 12.9. The number of carbonyl (C=O) groups excluding carboxylic acids is 1. The van der Waals surface area contributed by atoms with Crippen LogP contribution in [0.15, 0.2) is 48.8 Å². The van der Waals surface area contributed by atoms with Crippen molar-refractivity contribution in [2.24, 2.45) is 0 Å². The Morgan fingerprint density at radius 1 is 1.17 bits per heavy atom. The number of rotatable bonds is 8. The zero-order valence-electron chi connectivity index (χ0n) is 14.1. The zero-order valence-corrected chi connectivity index (χ0v) is 14.1. The van der Waals surface area contributed by atoms with Crippen LogP contribution in [0.2, 0.25) is 0 Å². The number of ether oxygens (including phenoxy) is 1. The minimum Gasteiger partial charge on any atom is -0.491 e. The molecule has 0 aliphatic carbocycles. The Kier molecular flexibility index (Phi) is 6.75. The van der Waals surface area contributed by atoms with Crippen LogP contribution in [0.25, 0.3) is 0 Å². The van der Waals surface area contributed by atoms with Crippen molar-refractivity contribution >= 4 is 5.91 Å². The van der Waals surface area contributed by atoms with Gasteiger partial charge in [0.2, 0.25) is 5.91 Å². The molecule has 0 bridgehead atoms. The molecule has 5 heteroatoms. The fraction of sp³-hybridized carbons (Fsp3) is 0.368. The summed E-state index contributed by atoms with van der Waals surface area (Å²) in [5.74, 6) is 0.688. The van der Waals surface area contributed by atoms with E-state index in [1.807, 2.05) is 50.2 Å². The van der Waals surface area contributed by atoms with E-state index in [2.05, 4.69) is 10.3 Å². The van der Waals surface area contributed by atoms with Crippen LogP contribution in [-0.4, -0.2) is 28.6 Å². The van der Waals surface area contributed by atoms with Crippen molar-refractivity contribution in [1.82, 2.24) is 10.3 Å². The van der Waals surface area contributed by atoms with Crippen molar-refractivity contribution in [3.8, 4) is 5.75 Å². The number of aliphatic hydroxyl groups is 1. The highest BCUT2D eigenvalue weighted by Gasteiger charge is 2.10. The summed E-state index contributed by atoms with van der Waals surface area (Å²) in [6.07, 6.45) is 3.85. The number of aryl methyl sites for hydroxylation is 1. The third-order valence-corrected chi connectivity index (χ3v) is 3.52. The number of nitrogens with zero attached hydrogens (tertiary/aromatic N) is 1. The van der Waals surface area contributed by atoms with Crippen LogP contribution in [0.5, 0.6) is 5.75 Å². The molecule has 0 fully saturated rings. The van der Waals surface area contributed by atoms with Crippen LogP contribution in [0.4, 0.5) is 0 Å². The van der Waals surface area contributed by atoms with Crippen LogP contribution in [0.1, 0.15) is 37.5 Å². The maximum Gasteiger partial charge on any atom is 0.220 e. The Morgan fingerprint density at radius 2 is 1.83 bits per heavy atom. The predicted octanol–water partition coefficient (Wildman–Crippen LogP) is 2.65. The number of aromatic nitrogens is 1. The van der Waals surface area contributed by atoms with E-state index in [0.717, 1.165) is 16.9 Å². The number of nitrogens with one attached hydrogen (secondary N) is 1. The van der Waals surface area contributed by atoms with Crippen LogP contribution in [-0.2, 0) is 11.2 Å². The molecule has 0 aliphatic rings. The van der Waals surface area contributed by atoms with Gasteiger partial charge in [-0.1, -0.05) is 12.1 Å². The lowest BCUT2D eigenvalue weighted by Gasteiger charge is -2.14. The minimum atomic E-state index is -0.733. The van der Waals surface area contributed by atoms with Crippen LogP contribution in [0.3, 0.4) is 0 Å². The number of carbonyl (C=O) groups is 1. The Balaban J connectivity index is 1.75. The smallest absolute Gasteiger partial charge is 0.220 e. The standard InChI is InChI=1S/C19H24N2O3/c1-14(2)24-17-6-4-16(5-7-17)18(22)13-21-19(23)8-3-15-9-11-20-12-10-15/h4-7,9-12,14,18,22H,3,8,13H2,1-2H3,(H,21,23)/t18-/m0/s1. The molecule has 2 N–H and O–H groups in total. The molecule has 1 aromatic heterocycles.